The van der Waals surface area contributed by atoms with E-state index in [1.807, 2.05) is 17.3 Å². The minimum absolute atomic E-state index is 0.0452. The van der Waals surface area contributed by atoms with Gasteiger partial charge >= 0.3 is 6.09 Å². The van der Waals surface area contributed by atoms with Gasteiger partial charge in [-0.3, -0.25) is 9.88 Å². The number of anilines is 1. The quantitative estimate of drug-likeness (QED) is 0.839. The molecule has 4 rings (SSSR count). The van der Waals surface area contributed by atoms with Crippen LogP contribution in [-0.2, 0) is 4.74 Å². The van der Waals surface area contributed by atoms with Crippen LogP contribution in [0.15, 0.2) is 24.5 Å². The van der Waals surface area contributed by atoms with E-state index in [9.17, 15) is 4.79 Å². The Bertz CT molecular complexity index is 568. The summed E-state index contributed by atoms with van der Waals surface area (Å²) in [6.07, 6.45) is 9.52. The van der Waals surface area contributed by atoms with Crippen molar-refractivity contribution < 1.29 is 9.53 Å². The van der Waals surface area contributed by atoms with Gasteiger partial charge in [-0.05, 0) is 50.9 Å². The van der Waals surface area contributed by atoms with Crippen molar-refractivity contribution in [2.75, 3.05) is 44.2 Å². The number of amides is 1. The fourth-order valence-electron chi connectivity index (χ4n) is 4.36. The number of cyclic esters (lactones) is 1. The number of rotatable bonds is 4. The summed E-state index contributed by atoms with van der Waals surface area (Å²) in [5, 5.41) is 0. The first-order valence-electron chi connectivity index (χ1n) is 9.64. The molecule has 1 atom stereocenters. The van der Waals surface area contributed by atoms with Crippen molar-refractivity contribution in [1.29, 1.82) is 0 Å². The second kappa shape index (κ2) is 7.60. The number of hydrogen-bond donors (Lipinski definition) is 0. The van der Waals surface area contributed by atoms with Crippen LogP contribution in [0.1, 0.15) is 32.1 Å². The van der Waals surface area contributed by atoms with E-state index >= 15 is 0 Å². The molecule has 25 heavy (non-hydrogen) atoms. The molecule has 3 aliphatic rings. The maximum Gasteiger partial charge on any atom is 0.410 e. The first kappa shape index (κ1) is 16.6. The zero-order chi connectivity index (χ0) is 17.1. The largest absolute Gasteiger partial charge is 0.443 e. The summed E-state index contributed by atoms with van der Waals surface area (Å²) in [7, 11) is 0. The summed E-state index contributed by atoms with van der Waals surface area (Å²) in [6, 6.07) is 4.43. The second-order valence-corrected chi connectivity index (χ2v) is 7.44. The van der Waals surface area contributed by atoms with E-state index in [-0.39, 0.29) is 12.2 Å². The number of carbonyl (C=O) groups is 1. The molecule has 3 fully saturated rings. The van der Waals surface area contributed by atoms with E-state index in [2.05, 4.69) is 26.9 Å². The van der Waals surface area contributed by atoms with E-state index in [0.717, 1.165) is 52.1 Å². The highest BCUT2D eigenvalue weighted by Gasteiger charge is 2.38. The van der Waals surface area contributed by atoms with Crippen molar-refractivity contribution in [3.63, 3.8) is 0 Å². The van der Waals surface area contributed by atoms with Crippen molar-refractivity contribution in [2.24, 2.45) is 0 Å². The minimum atomic E-state index is -0.107. The molecule has 3 aliphatic heterocycles. The van der Waals surface area contributed by atoms with Gasteiger partial charge in [-0.2, -0.15) is 0 Å². The highest BCUT2D eigenvalue weighted by Crippen LogP contribution is 2.26. The molecule has 0 radical (unpaired) electrons. The maximum absolute atomic E-state index is 12.3. The van der Waals surface area contributed by atoms with Gasteiger partial charge in [-0.25, -0.2) is 4.79 Å². The van der Waals surface area contributed by atoms with E-state index in [4.69, 9.17) is 4.74 Å². The van der Waals surface area contributed by atoms with Gasteiger partial charge in [0.15, 0.2) is 0 Å². The van der Waals surface area contributed by atoms with E-state index < -0.39 is 0 Å². The number of likely N-dealkylation sites (tertiary alicyclic amines) is 1. The zero-order valence-corrected chi connectivity index (χ0v) is 14.8. The highest BCUT2D eigenvalue weighted by molar-refractivity contribution is 5.70. The van der Waals surface area contributed by atoms with E-state index in [0.29, 0.717) is 6.04 Å². The molecular formula is C19H28N4O2. The van der Waals surface area contributed by atoms with Crippen LogP contribution in [0.2, 0.25) is 0 Å². The molecule has 0 saturated carbocycles. The summed E-state index contributed by atoms with van der Waals surface area (Å²) in [4.78, 5) is 23.2. The fraction of sp³-hybridized carbons (Fsp3) is 0.684. The predicted molar refractivity (Wildman–Crippen MR) is 96.7 cm³/mol. The molecular weight excluding hydrogens is 316 g/mol. The van der Waals surface area contributed by atoms with Crippen LogP contribution in [0.3, 0.4) is 0 Å². The van der Waals surface area contributed by atoms with Crippen molar-refractivity contribution in [3.05, 3.63) is 24.5 Å². The third-order valence-corrected chi connectivity index (χ3v) is 5.75. The molecule has 1 aromatic rings. The Hall–Kier alpha value is -1.82. The van der Waals surface area contributed by atoms with Crippen LogP contribution in [-0.4, -0.2) is 72.3 Å². The molecule has 6 nitrogen and oxygen atoms in total. The van der Waals surface area contributed by atoms with Crippen LogP contribution in [0.25, 0.3) is 0 Å². The highest BCUT2D eigenvalue weighted by atomic mass is 16.6. The van der Waals surface area contributed by atoms with Crippen molar-refractivity contribution in [3.8, 4) is 0 Å². The van der Waals surface area contributed by atoms with Gasteiger partial charge in [0.25, 0.3) is 0 Å². The van der Waals surface area contributed by atoms with E-state index in [1.165, 1.54) is 24.9 Å². The fourth-order valence-corrected chi connectivity index (χ4v) is 4.36. The lowest BCUT2D eigenvalue weighted by Crippen LogP contribution is -2.46. The van der Waals surface area contributed by atoms with Gasteiger partial charge in [0.1, 0.15) is 6.10 Å². The average molecular weight is 344 g/mol. The van der Waals surface area contributed by atoms with Crippen LogP contribution >= 0.6 is 0 Å². The summed E-state index contributed by atoms with van der Waals surface area (Å²) in [6.45, 7) is 5.93. The summed E-state index contributed by atoms with van der Waals surface area (Å²) in [5.74, 6) is 0. The molecule has 1 aromatic heterocycles. The molecule has 3 saturated heterocycles. The molecule has 1 unspecified atom stereocenters. The number of hydrogen-bond acceptors (Lipinski definition) is 5. The molecule has 0 bridgehead atoms. The monoisotopic (exact) mass is 344 g/mol. The molecule has 136 valence electrons. The normalized spacial score (nSPS) is 26.1. The molecule has 0 aromatic carbocycles. The molecule has 0 spiro atoms. The number of pyridine rings is 1. The van der Waals surface area contributed by atoms with E-state index in [1.54, 1.807) is 0 Å². The van der Waals surface area contributed by atoms with Gasteiger partial charge in [0.2, 0.25) is 0 Å². The predicted octanol–water partition coefficient (Wildman–Crippen LogP) is 2.36. The number of piperidine rings is 2. The van der Waals surface area contributed by atoms with Gasteiger partial charge in [-0.15, -0.1) is 0 Å². The van der Waals surface area contributed by atoms with Crippen LogP contribution < -0.4 is 4.90 Å². The Morgan fingerprint density at radius 1 is 1.04 bits per heavy atom. The Labute approximate surface area is 149 Å². The lowest BCUT2D eigenvalue weighted by molar-refractivity contribution is 0.0977. The average Bonchev–Trinajstić information content (AvgIpc) is 3.03. The topological polar surface area (TPSA) is 48.9 Å². The maximum atomic E-state index is 12.3. The lowest BCUT2D eigenvalue weighted by atomic mass is 10.0. The first-order chi connectivity index (χ1) is 12.3. The molecule has 0 N–H and O–H groups in total. The van der Waals surface area contributed by atoms with Crippen LogP contribution in [0.5, 0.6) is 0 Å². The van der Waals surface area contributed by atoms with Crippen molar-refractivity contribution in [1.82, 2.24) is 14.8 Å². The number of carbonyl (C=O) groups excluding carboxylic acids is 1. The molecule has 0 aliphatic carbocycles. The lowest BCUT2D eigenvalue weighted by Gasteiger charge is -2.36. The second-order valence-electron chi connectivity index (χ2n) is 7.44. The Morgan fingerprint density at radius 3 is 2.48 bits per heavy atom. The third kappa shape index (κ3) is 3.89. The zero-order valence-electron chi connectivity index (χ0n) is 14.8. The summed E-state index contributed by atoms with van der Waals surface area (Å²) < 4.78 is 5.66. The Balaban J connectivity index is 1.28. The number of aromatic nitrogens is 1. The van der Waals surface area contributed by atoms with Gasteiger partial charge in [0.05, 0.1) is 6.54 Å². The van der Waals surface area contributed by atoms with Crippen molar-refractivity contribution >= 4 is 11.8 Å². The van der Waals surface area contributed by atoms with Crippen molar-refractivity contribution in [2.45, 2.75) is 44.2 Å². The standard InChI is InChI=1S/C19H28N4O2/c24-19-23(15-18(25-19)14-21-10-2-1-3-11-21)17-6-12-22(13-7-17)16-4-8-20-9-5-16/h4-5,8-9,17-18H,1-3,6-7,10-15H2. The van der Waals surface area contributed by atoms with Gasteiger partial charge < -0.3 is 14.5 Å². The Kier molecular flexibility index (Phi) is 5.06. The number of nitrogens with zero attached hydrogens (tertiary/aromatic N) is 4. The molecule has 6 heteroatoms. The summed E-state index contributed by atoms with van der Waals surface area (Å²) in [5.41, 5.74) is 1.22. The van der Waals surface area contributed by atoms with Crippen LogP contribution in [0, 0.1) is 0 Å². The minimum Gasteiger partial charge on any atom is -0.443 e. The third-order valence-electron chi connectivity index (χ3n) is 5.75. The number of ether oxygens (including phenoxy) is 1. The Morgan fingerprint density at radius 2 is 1.76 bits per heavy atom. The molecule has 1 amide bonds. The van der Waals surface area contributed by atoms with Gasteiger partial charge in [-0.1, -0.05) is 6.42 Å². The first-order valence-corrected chi connectivity index (χ1v) is 9.64. The smallest absolute Gasteiger partial charge is 0.410 e. The molecule has 4 heterocycles. The summed E-state index contributed by atoms with van der Waals surface area (Å²) >= 11 is 0. The van der Waals surface area contributed by atoms with Gasteiger partial charge in [0, 0.05) is 43.8 Å². The van der Waals surface area contributed by atoms with Crippen LogP contribution in [0.4, 0.5) is 10.5 Å². The SMILES string of the molecule is O=C1OC(CN2CCCCC2)CN1C1CCN(c2ccncc2)CC1.